The molecule has 1 aromatic rings. The minimum absolute atomic E-state index is 0.697. The molecule has 0 radical (unpaired) electrons. The van der Waals surface area contributed by atoms with Crippen molar-refractivity contribution in [3.05, 3.63) is 40.4 Å². The topological polar surface area (TPSA) is 37.3 Å². The molecule has 0 heterocycles. The molecule has 1 N–H and O–H groups in total. The molecule has 0 aliphatic carbocycles. The van der Waals surface area contributed by atoms with Gasteiger partial charge in [-0.25, -0.2) is 4.79 Å². The predicted molar refractivity (Wildman–Crippen MR) is 66.3 cm³/mol. The van der Waals surface area contributed by atoms with E-state index in [0.717, 1.165) is 14.9 Å². The highest BCUT2D eigenvalue weighted by atomic mass is 79.9. The number of thioether (sulfide) groups is 1. The van der Waals surface area contributed by atoms with Crippen LogP contribution in [0, 0.1) is 0 Å². The Kier molecular flexibility index (Phi) is 4.91. The first-order valence-corrected chi connectivity index (χ1v) is 6.14. The summed E-state index contributed by atoms with van der Waals surface area (Å²) in [5.74, 6) is -0.190. The summed E-state index contributed by atoms with van der Waals surface area (Å²) in [5, 5.41) is 8.53. The minimum atomic E-state index is -0.887. The summed E-state index contributed by atoms with van der Waals surface area (Å²) >= 11 is 5.01. The highest BCUT2D eigenvalue weighted by Crippen LogP contribution is 2.23. The molecule has 0 saturated carbocycles. The Morgan fingerprint density at radius 3 is 2.93 bits per heavy atom. The zero-order valence-electron chi connectivity index (χ0n) is 8.24. The molecule has 0 aliphatic heterocycles. The fourth-order valence-corrected chi connectivity index (χ4v) is 2.42. The highest BCUT2D eigenvalue weighted by Gasteiger charge is 1.98. The highest BCUT2D eigenvalue weighted by molar-refractivity contribution is 9.10. The van der Waals surface area contributed by atoms with Gasteiger partial charge in [-0.2, -0.15) is 0 Å². The molecule has 0 aliphatic rings. The molecule has 1 rings (SSSR count). The van der Waals surface area contributed by atoms with E-state index in [9.17, 15) is 4.79 Å². The molecule has 0 atom stereocenters. The van der Waals surface area contributed by atoms with Crippen molar-refractivity contribution < 1.29 is 9.90 Å². The van der Waals surface area contributed by atoms with Crippen molar-refractivity contribution in [2.45, 2.75) is 11.8 Å². The number of rotatable bonds is 4. The van der Waals surface area contributed by atoms with E-state index >= 15 is 0 Å². The molecule has 2 nitrogen and oxygen atoms in total. The maximum absolute atomic E-state index is 10.4. The lowest BCUT2D eigenvalue weighted by Crippen LogP contribution is -1.91. The van der Waals surface area contributed by atoms with Crippen LogP contribution in [0.1, 0.15) is 6.92 Å². The van der Waals surface area contributed by atoms with Crippen molar-refractivity contribution in [1.29, 1.82) is 0 Å². The quantitative estimate of drug-likeness (QED) is 0.679. The molecule has 1 aromatic carbocycles. The summed E-state index contributed by atoms with van der Waals surface area (Å²) in [4.78, 5) is 11.5. The van der Waals surface area contributed by atoms with E-state index < -0.39 is 5.97 Å². The van der Waals surface area contributed by atoms with Crippen molar-refractivity contribution in [3.63, 3.8) is 0 Å². The Bertz CT molecular complexity index is 388. The van der Waals surface area contributed by atoms with Gasteiger partial charge in [0.05, 0.1) is 0 Å². The number of carbonyl (C=O) groups is 1. The van der Waals surface area contributed by atoms with Crippen LogP contribution in [0.15, 0.2) is 45.3 Å². The number of carboxylic acid groups (broad SMARTS) is 1. The Morgan fingerprint density at radius 1 is 1.60 bits per heavy atom. The average Bonchev–Trinajstić information content (AvgIpc) is 2.14. The lowest BCUT2D eigenvalue weighted by atomic mass is 10.3. The molecular formula is C11H11BrO2S. The van der Waals surface area contributed by atoms with E-state index in [1.165, 1.54) is 6.08 Å². The SMILES string of the molecule is CC(=CC(=O)O)CSc1cccc(Br)c1. The molecule has 0 amide bonds. The largest absolute Gasteiger partial charge is 0.478 e. The zero-order valence-corrected chi connectivity index (χ0v) is 10.6. The van der Waals surface area contributed by atoms with Gasteiger partial charge in [0.1, 0.15) is 0 Å². The third kappa shape index (κ3) is 5.04. The molecule has 0 spiro atoms. The van der Waals surface area contributed by atoms with Gasteiger partial charge in [0.15, 0.2) is 0 Å². The van der Waals surface area contributed by atoms with Gasteiger partial charge in [-0.15, -0.1) is 11.8 Å². The van der Waals surface area contributed by atoms with Crippen molar-refractivity contribution in [2.75, 3.05) is 5.75 Å². The van der Waals surface area contributed by atoms with E-state index in [1.807, 2.05) is 31.2 Å². The maximum Gasteiger partial charge on any atom is 0.328 e. The second-order valence-electron chi connectivity index (χ2n) is 3.07. The number of aliphatic carboxylic acids is 1. The van der Waals surface area contributed by atoms with Crippen molar-refractivity contribution in [1.82, 2.24) is 0 Å². The first-order valence-electron chi connectivity index (χ1n) is 4.36. The summed E-state index contributed by atoms with van der Waals surface area (Å²) in [6.07, 6.45) is 1.24. The van der Waals surface area contributed by atoms with Crippen LogP contribution in [0.25, 0.3) is 0 Å². The van der Waals surface area contributed by atoms with Crippen LogP contribution in [0.3, 0.4) is 0 Å². The number of benzene rings is 1. The Morgan fingerprint density at radius 2 is 2.33 bits per heavy atom. The normalized spacial score (nSPS) is 11.5. The predicted octanol–water partition coefficient (Wildman–Crippen LogP) is 3.57. The van der Waals surface area contributed by atoms with Gasteiger partial charge < -0.3 is 5.11 Å². The summed E-state index contributed by atoms with van der Waals surface area (Å²) in [5.41, 5.74) is 0.854. The first-order chi connectivity index (χ1) is 7.08. The lowest BCUT2D eigenvalue weighted by Gasteiger charge is -2.01. The smallest absolute Gasteiger partial charge is 0.328 e. The van der Waals surface area contributed by atoms with Crippen molar-refractivity contribution in [2.24, 2.45) is 0 Å². The molecule has 0 saturated heterocycles. The van der Waals surface area contributed by atoms with Gasteiger partial charge in [0.2, 0.25) is 0 Å². The zero-order chi connectivity index (χ0) is 11.3. The van der Waals surface area contributed by atoms with Gasteiger partial charge in [0.25, 0.3) is 0 Å². The maximum atomic E-state index is 10.4. The Labute approximate surface area is 102 Å². The second-order valence-corrected chi connectivity index (χ2v) is 5.04. The van der Waals surface area contributed by atoms with E-state index in [1.54, 1.807) is 11.8 Å². The van der Waals surface area contributed by atoms with Gasteiger partial charge in [-0.05, 0) is 25.1 Å². The average molecular weight is 287 g/mol. The third-order valence-electron chi connectivity index (χ3n) is 1.63. The first kappa shape index (κ1) is 12.3. The van der Waals surface area contributed by atoms with Crippen molar-refractivity contribution in [3.8, 4) is 0 Å². The van der Waals surface area contributed by atoms with Crippen LogP contribution in [0.5, 0.6) is 0 Å². The third-order valence-corrected chi connectivity index (χ3v) is 3.31. The summed E-state index contributed by atoms with van der Waals surface area (Å²) in [6.45, 7) is 1.82. The fraction of sp³-hybridized carbons (Fsp3) is 0.182. The van der Waals surface area contributed by atoms with Crippen molar-refractivity contribution >= 4 is 33.7 Å². The number of hydrogen-bond donors (Lipinski definition) is 1. The van der Waals surface area contributed by atoms with E-state index in [0.29, 0.717) is 5.75 Å². The monoisotopic (exact) mass is 286 g/mol. The van der Waals surface area contributed by atoms with Crippen LogP contribution in [-0.4, -0.2) is 16.8 Å². The molecular weight excluding hydrogens is 276 g/mol. The van der Waals surface area contributed by atoms with Crippen LogP contribution in [0.2, 0.25) is 0 Å². The van der Waals surface area contributed by atoms with Gasteiger partial charge in [-0.3, -0.25) is 0 Å². The van der Waals surface area contributed by atoms with E-state index in [2.05, 4.69) is 15.9 Å². The minimum Gasteiger partial charge on any atom is -0.478 e. The fourth-order valence-electron chi connectivity index (χ4n) is 1.01. The van der Waals surface area contributed by atoms with E-state index in [4.69, 9.17) is 5.11 Å². The Balaban J connectivity index is 2.54. The number of halogens is 1. The summed E-state index contributed by atoms with van der Waals surface area (Å²) in [6, 6.07) is 7.94. The summed E-state index contributed by atoms with van der Waals surface area (Å²) < 4.78 is 1.03. The second kappa shape index (κ2) is 5.98. The molecule has 0 unspecified atom stereocenters. The number of carboxylic acids is 1. The van der Waals surface area contributed by atoms with Crippen LogP contribution in [-0.2, 0) is 4.79 Å². The van der Waals surface area contributed by atoms with E-state index in [-0.39, 0.29) is 0 Å². The van der Waals surface area contributed by atoms with Gasteiger partial charge in [-0.1, -0.05) is 27.6 Å². The van der Waals surface area contributed by atoms with Crippen LogP contribution >= 0.6 is 27.7 Å². The molecule has 15 heavy (non-hydrogen) atoms. The molecule has 80 valence electrons. The van der Waals surface area contributed by atoms with Gasteiger partial charge >= 0.3 is 5.97 Å². The number of hydrogen-bond acceptors (Lipinski definition) is 2. The Hall–Kier alpha value is -0.740. The molecule has 0 bridgehead atoms. The van der Waals surface area contributed by atoms with Crippen LogP contribution in [0.4, 0.5) is 0 Å². The molecule has 0 fully saturated rings. The summed E-state index contributed by atoms with van der Waals surface area (Å²) in [7, 11) is 0. The van der Waals surface area contributed by atoms with Crippen LogP contribution < -0.4 is 0 Å². The standard InChI is InChI=1S/C11H11BrO2S/c1-8(5-11(13)14)7-15-10-4-2-3-9(12)6-10/h2-6H,7H2,1H3,(H,13,14). The van der Waals surface area contributed by atoms with Gasteiger partial charge in [0, 0.05) is 21.2 Å². The molecule has 4 heteroatoms. The lowest BCUT2D eigenvalue weighted by molar-refractivity contribution is -0.131. The molecule has 0 aromatic heterocycles.